The average Bonchev–Trinajstić information content (AvgIpc) is 3.59. The number of unbranched alkanes of at least 4 members (excludes halogenated alkanes) is 49. The Balaban J connectivity index is 4.92. The number of hydrogen-bond donors (Lipinski definition) is 2. The van der Waals surface area contributed by atoms with Crippen molar-refractivity contribution in [2.45, 2.75) is 392 Å². The molecule has 3 unspecified atom stereocenters. The van der Waals surface area contributed by atoms with Crippen molar-refractivity contribution in [3.8, 4) is 0 Å². The van der Waals surface area contributed by atoms with Gasteiger partial charge in [0.25, 0.3) is 0 Å². The third kappa shape index (κ3) is 66.5. The Morgan fingerprint density at radius 1 is 0.400 bits per heavy atom. The molecule has 10 heteroatoms. The van der Waals surface area contributed by atoms with E-state index >= 15 is 0 Å². The fraction of sp³-hybridized carbons (Fsp3) is 0.893. The summed E-state index contributed by atoms with van der Waals surface area (Å²) in [5, 5.41) is 3.08. The van der Waals surface area contributed by atoms with Gasteiger partial charge in [-0.1, -0.05) is 321 Å². The Morgan fingerprint density at radius 3 is 1.00 bits per heavy atom. The molecule has 0 saturated carbocycles. The number of phosphoric acid groups is 1. The fourth-order valence-corrected chi connectivity index (χ4v) is 12.0. The molecule has 502 valence electrons. The minimum atomic E-state index is -4.45. The lowest BCUT2D eigenvalue weighted by Gasteiger charge is -2.27. The smallest absolute Gasteiger partial charge is 0.456 e. The first-order valence-corrected chi connectivity index (χ1v) is 38.8. The third-order valence-electron chi connectivity index (χ3n) is 17.1. The van der Waals surface area contributed by atoms with Crippen LogP contribution < -0.4 is 5.32 Å². The first-order valence-electron chi connectivity index (χ1n) is 37.3. The number of likely N-dealkylation sites (N-methyl/N-ethyl adjacent to an activating group) is 1. The van der Waals surface area contributed by atoms with Crippen LogP contribution in [-0.4, -0.2) is 74.3 Å². The first kappa shape index (κ1) is 83.2. The number of rotatable bonds is 69. The van der Waals surface area contributed by atoms with E-state index in [-0.39, 0.29) is 25.1 Å². The maximum absolute atomic E-state index is 13.6. The van der Waals surface area contributed by atoms with E-state index < -0.39 is 20.0 Å². The number of quaternary nitrogens is 1. The highest BCUT2D eigenvalue weighted by molar-refractivity contribution is 7.47. The number of ether oxygens (including phenoxy) is 1. The summed E-state index contributed by atoms with van der Waals surface area (Å²) in [6.45, 7) is 7.06. The van der Waals surface area contributed by atoms with E-state index in [0.717, 1.165) is 57.8 Å². The second kappa shape index (κ2) is 65.2. The summed E-state index contributed by atoms with van der Waals surface area (Å²) >= 11 is 0. The molecule has 0 saturated heterocycles. The van der Waals surface area contributed by atoms with Crippen LogP contribution in [0.25, 0.3) is 0 Å². The molecule has 0 aromatic rings. The number of esters is 1. The Kier molecular flexibility index (Phi) is 63.8. The molecule has 0 bridgehead atoms. The SMILES string of the molecule is CCCCCCCC/C=C/CCCCCCCCCCCCCCCCCCCC(=O)OC(/C=C\CCCCCCCCCCC)C(COP(=O)(O)OCC[N+](C)(C)C)NC(=O)CCCCCCCCCCCCC/C=C/CCCCCCCC. The van der Waals surface area contributed by atoms with Crippen molar-refractivity contribution in [1.29, 1.82) is 0 Å². The Hall–Kier alpha value is -1.77. The Bertz CT molecular complexity index is 1550. The fourth-order valence-electron chi connectivity index (χ4n) is 11.3. The van der Waals surface area contributed by atoms with Crippen LogP contribution in [-0.2, 0) is 27.9 Å². The van der Waals surface area contributed by atoms with Crippen LogP contribution in [0, 0.1) is 0 Å². The minimum Gasteiger partial charge on any atom is -0.456 e. The standard InChI is InChI=1S/C75H145N2O7P/c1-7-10-13-16-19-22-25-27-29-31-33-35-36-37-38-39-40-42-44-46-48-50-53-56-59-62-65-68-75(79)84-73(66-63-60-57-54-51-24-21-18-15-12-9-3)72(71-83-85(80,81)82-70-69-77(4,5)6)76-74(78)67-64-61-58-55-52-49-47-45-43-41-34-32-30-28-26-23-20-17-14-11-8-2/h27-30,63,66,72-73H,7-26,31-62,64-65,67-71H2,1-6H3,(H-,76,78,80,81)/p+1/b29-27+,30-28+,66-63-. The second-order valence-corrected chi connectivity index (χ2v) is 28.3. The van der Waals surface area contributed by atoms with Gasteiger partial charge in [-0.2, -0.15) is 0 Å². The predicted molar refractivity (Wildman–Crippen MR) is 369 cm³/mol. The summed E-state index contributed by atoms with van der Waals surface area (Å²) in [5.74, 6) is -0.486. The molecule has 1 amide bonds. The van der Waals surface area contributed by atoms with Crippen LogP contribution in [0.1, 0.15) is 380 Å². The van der Waals surface area contributed by atoms with Crippen molar-refractivity contribution in [1.82, 2.24) is 5.32 Å². The van der Waals surface area contributed by atoms with E-state index in [4.69, 9.17) is 13.8 Å². The number of nitrogens with one attached hydrogen (secondary N) is 1. The number of amides is 1. The molecule has 0 aromatic heterocycles. The maximum atomic E-state index is 13.6. The Morgan fingerprint density at radius 2 is 0.682 bits per heavy atom. The molecule has 0 aromatic carbocycles. The molecule has 3 atom stereocenters. The summed E-state index contributed by atoms with van der Waals surface area (Å²) in [7, 11) is 1.51. The normalized spacial score (nSPS) is 13.6. The van der Waals surface area contributed by atoms with E-state index in [9.17, 15) is 19.0 Å². The third-order valence-corrected chi connectivity index (χ3v) is 18.0. The molecule has 0 aliphatic rings. The molecule has 0 fully saturated rings. The lowest BCUT2D eigenvalue weighted by Crippen LogP contribution is -2.47. The maximum Gasteiger partial charge on any atom is 0.472 e. The van der Waals surface area contributed by atoms with Crippen LogP contribution >= 0.6 is 7.82 Å². The van der Waals surface area contributed by atoms with Crippen LogP contribution in [0.15, 0.2) is 36.5 Å². The predicted octanol–water partition coefficient (Wildman–Crippen LogP) is 23.8. The van der Waals surface area contributed by atoms with Crippen LogP contribution in [0.3, 0.4) is 0 Å². The minimum absolute atomic E-state index is 0.0430. The van der Waals surface area contributed by atoms with Gasteiger partial charge in [0.05, 0.1) is 33.8 Å². The van der Waals surface area contributed by atoms with Crippen molar-refractivity contribution in [3.05, 3.63) is 36.5 Å². The second-order valence-electron chi connectivity index (χ2n) is 26.8. The Labute approximate surface area is 529 Å². The number of phosphoric ester groups is 1. The van der Waals surface area contributed by atoms with Gasteiger partial charge >= 0.3 is 13.8 Å². The molecule has 0 aliphatic carbocycles. The summed E-state index contributed by atoms with van der Waals surface area (Å²) < 4.78 is 30.8. The topological polar surface area (TPSA) is 111 Å². The van der Waals surface area contributed by atoms with Crippen molar-refractivity contribution >= 4 is 19.7 Å². The molecule has 0 spiro atoms. The van der Waals surface area contributed by atoms with E-state index in [1.807, 2.05) is 33.3 Å². The number of hydrogen-bond acceptors (Lipinski definition) is 6. The summed E-state index contributed by atoms with van der Waals surface area (Å²) in [6.07, 6.45) is 81.7. The van der Waals surface area contributed by atoms with Crippen molar-refractivity contribution in [2.75, 3.05) is 40.9 Å². The number of carbonyl (C=O) groups excluding carboxylic acids is 2. The molecule has 9 nitrogen and oxygen atoms in total. The van der Waals surface area contributed by atoms with Gasteiger partial charge in [-0.15, -0.1) is 0 Å². The largest absolute Gasteiger partial charge is 0.472 e. The molecule has 0 rings (SSSR count). The summed E-state index contributed by atoms with van der Waals surface area (Å²) in [4.78, 5) is 37.9. The van der Waals surface area contributed by atoms with Crippen LogP contribution in [0.5, 0.6) is 0 Å². The number of nitrogens with zero attached hydrogens (tertiary/aromatic N) is 1. The van der Waals surface area contributed by atoms with Crippen molar-refractivity contribution in [2.24, 2.45) is 0 Å². The zero-order valence-electron chi connectivity index (χ0n) is 57.6. The zero-order valence-corrected chi connectivity index (χ0v) is 58.5. The molecule has 0 aliphatic heterocycles. The molecule has 2 N–H and O–H groups in total. The van der Waals surface area contributed by atoms with E-state index in [1.165, 1.54) is 289 Å². The van der Waals surface area contributed by atoms with Gasteiger partial charge in [-0.05, 0) is 83.1 Å². The monoisotopic (exact) mass is 1220 g/mol. The van der Waals surface area contributed by atoms with Gasteiger partial charge in [0, 0.05) is 12.8 Å². The van der Waals surface area contributed by atoms with Gasteiger partial charge in [-0.3, -0.25) is 18.6 Å². The average molecular weight is 1220 g/mol. The molecule has 0 heterocycles. The highest BCUT2D eigenvalue weighted by Gasteiger charge is 2.30. The first-order chi connectivity index (χ1) is 41.4. The van der Waals surface area contributed by atoms with E-state index in [0.29, 0.717) is 23.9 Å². The zero-order chi connectivity index (χ0) is 62.1. The number of allylic oxidation sites excluding steroid dienone is 5. The van der Waals surface area contributed by atoms with Gasteiger partial charge in [0.15, 0.2) is 0 Å². The summed E-state index contributed by atoms with van der Waals surface area (Å²) in [6, 6.07) is -0.846. The van der Waals surface area contributed by atoms with Gasteiger partial charge in [-0.25, -0.2) is 4.57 Å². The lowest BCUT2D eigenvalue weighted by molar-refractivity contribution is -0.870. The quantitative estimate of drug-likeness (QED) is 0.0205. The highest BCUT2D eigenvalue weighted by Crippen LogP contribution is 2.43. The van der Waals surface area contributed by atoms with Gasteiger partial charge < -0.3 is 19.4 Å². The van der Waals surface area contributed by atoms with Crippen molar-refractivity contribution < 1.29 is 37.3 Å². The molecule has 0 radical (unpaired) electrons. The van der Waals surface area contributed by atoms with Crippen LogP contribution in [0.4, 0.5) is 0 Å². The van der Waals surface area contributed by atoms with Gasteiger partial charge in [0.1, 0.15) is 19.3 Å². The molecular formula is C75H146N2O7P+. The van der Waals surface area contributed by atoms with E-state index in [2.05, 4.69) is 50.4 Å². The molecular weight excluding hydrogens is 1070 g/mol. The van der Waals surface area contributed by atoms with Gasteiger partial charge in [0.2, 0.25) is 5.91 Å². The summed E-state index contributed by atoms with van der Waals surface area (Å²) in [5.41, 5.74) is 0. The molecule has 85 heavy (non-hydrogen) atoms. The lowest BCUT2D eigenvalue weighted by atomic mass is 10.0. The number of carbonyl (C=O) groups is 2. The van der Waals surface area contributed by atoms with Crippen molar-refractivity contribution in [3.63, 3.8) is 0 Å². The van der Waals surface area contributed by atoms with Crippen LogP contribution in [0.2, 0.25) is 0 Å². The highest BCUT2D eigenvalue weighted by atomic mass is 31.2. The van der Waals surface area contributed by atoms with E-state index in [1.54, 1.807) is 0 Å².